The molecular formula is C71H91ClN5O25P3S3. The third-order valence-electron chi connectivity index (χ3n) is 19.0. The van der Waals surface area contributed by atoms with Crippen LogP contribution in [0.1, 0.15) is 147 Å². The van der Waals surface area contributed by atoms with Crippen molar-refractivity contribution in [2.75, 3.05) is 13.2 Å². The lowest BCUT2D eigenvalue weighted by atomic mass is 10.0. The fourth-order valence-electron chi connectivity index (χ4n) is 13.7. The molecule has 0 radical (unpaired) electrons. The van der Waals surface area contributed by atoms with Crippen LogP contribution in [0.15, 0.2) is 123 Å². The number of aliphatic hydroxyl groups excluding tert-OH is 3. The van der Waals surface area contributed by atoms with Crippen molar-refractivity contribution in [1.82, 2.24) is 23.3 Å². The number of aromatic amines is 1. The molecule has 0 saturated carbocycles. The first-order valence-corrected chi connectivity index (χ1v) is 41.3. The number of aryl methyl sites for hydroxylation is 5. The maximum atomic E-state index is 12.5. The van der Waals surface area contributed by atoms with Crippen LogP contribution in [0.25, 0.3) is 54.8 Å². The normalized spacial score (nSPS) is 26.6. The standard InChI is InChI=1S/C15H19NO3.C15H19NO2S.C13H18NO13P3S.C13H15NO4S.C8H7NO2.C7H13ClO/c1-4-12-9(2)7-14(19-12)16-6-5-13-11(15(16)17)8-10(3)18-13;1-4-12-9(2)7-14(18-12)16-6-5-13-11(15(16)19)8-10(3)17-13;1-7-4-8-10(24-7)2-3-14(13(8)31)12-5-9(15)11(25-12)6-23-29(19,20)27-30(21,22)26-28(16,17)18;1-7-4-8-10(17-7)2-3-14(13(8)19)12-5-9(16)11(6-15)18-12;1-5-4-6-7(11-5)2-3-9-8(6)10;1-3-6-5(2)4-7(8)9-6/h2*5-6,8-9,12,14H,4,7H2,1-3H3;2-4,9,11-12,15H,5-6H2,1H3,(H,19,20)(H,21,22)(H2,16,17,18);2-4,9,11-12,15-16H,5-6H2,1H3;2-4H,1H3,(H,9,10);5-7H,3-4H2,1-2H3/t2*9-,12-,14-;2*9-,11-,12-;;5-,6-,7?/m1111.1/s1. The largest absolute Gasteiger partial charge is 0.490 e. The summed E-state index contributed by atoms with van der Waals surface area (Å²) in [5, 5.41) is 32.9. The summed E-state index contributed by atoms with van der Waals surface area (Å²) in [6.45, 7) is 21.3. The van der Waals surface area contributed by atoms with E-state index in [9.17, 15) is 38.4 Å². The van der Waals surface area contributed by atoms with Crippen molar-refractivity contribution in [1.29, 1.82) is 0 Å². The van der Waals surface area contributed by atoms with E-state index >= 15 is 0 Å². The van der Waals surface area contributed by atoms with Gasteiger partial charge in [0.1, 0.15) is 113 Å². The number of alkyl halides is 1. The second-order valence-electron chi connectivity index (χ2n) is 27.2. The number of aliphatic hydroxyl groups is 3. The summed E-state index contributed by atoms with van der Waals surface area (Å²) in [5.41, 5.74) is 3.32. The lowest BCUT2D eigenvalue weighted by Gasteiger charge is -2.19. The number of hydrogen-bond acceptors (Lipinski definition) is 24. The van der Waals surface area contributed by atoms with Gasteiger partial charge in [-0.1, -0.05) is 89.8 Å². The van der Waals surface area contributed by atoms with Crippen LogP contribution in [-0.2, 0) is 50.5 Å². The number of pyridine rings is 5. The van der Waals surface area contributed by atoms with Gasteiger partial charge < -0.3 is 99.3 Å². The first-order chi connectivity index (χ1) is 51.0. The van der Waals surface area contributed by atoms with Crippen molar-refractivity contribution in [3.63, 3.8) is 0 Å². The minimum atomic E-state index is -5.63. The zero-order valence-electron chi connectivity index (χ0n) is 61.1. The quantitative estimate of drug-likeness (QED) is 0.0268. The predicted molar refractivity (Wildman–Crippen MR) is 407 cm³/mol. The van der Waals surface area contributed by atoms with Crippen molar-refractivity contribution in [3.05, 3.63) is 155 Å². The third-order valence-corrected chi connectivity index (χ3v) is 24.3. The summed E-state index contributed by atoms with van der Waals surface area (Å²) >= 11 is 22.2. The van der Waals surface area contributed by atoms with Crippen molar-refractivity contribution >= 4 is 127 Å². The summed E-state index contributed by atoms with van der Waals surface area (Å²) in [6, 6.07) is 18.2. The van der Waals surface area contributed by atoms with Gasteiger partial charge in [-0.2, -0.15) is 8.62 Å². The Bertz CT molecular complexity index is 4970. The number of halogens is 1. The lowest BCUT2D eigenvalue weighted by molar-refractivity contribution is -0.0447. The van der Waals surface area contributed by atoms with Crippen LogP contribution in [0.4, 0.5) is 0 Å². The van der Waals surface area contributed by atoms with Crippen molar-refractivity contribution in [3.8, 4) is 0 Å². The summed E-state index contributed by atoms with van der Waals surface area (Å²) < 4.78 is 110. The smallest absolute Gasteiger partial charge is 0.461 e. The molecule has 0 aromatic carbocycles. The van der Waals surface area contributed by atoms with Crippen LogP contribution in [0.5, 0.6) is 0 Å². The van der Waals surface area contributed by atoms with E-state index in [1.54, 1.807) is 75.7 Å². The lowest BCUT2D eigenvalue weighted by Crippen LogP contribution is -2.26. The topological polar surface area (TPSA) is 402 Å². The molecular weight excluding hydrogens is 1550 g/mol. The average Bonchev–Trinajstić information content (AvgIpc) is 1.64. The Morgan fingerprint density at radius 2 is 0.833 bits per heavy atom. The zero-order chi connectivity index (χ0) is 78.6. The summed E-state index contributed by atoms with van der Waals surface area (Å²) in [5.74, 6) is 5.60. The molecule has 108 heavy (non-hydrogen) atoms. The maximum absolute atomic E-state index is 12.5. The average molecular weight is 1640 g/mol. The summed E-state index contributed by atoms with van der Waals surface area (Å²) in [7, 11) is -16.4. The molecule has 5 aliphatic rings. The molecule has 3 unspecified atom stereocenters. The number of rotatable bonds is 15. The molecule has 5 aliphatic heterocycles. The van der Waals surface area contributed by atoms with E-state index in [1.165, 1.54) is 0 Å². The van der Waals surface area contributed by atoms with Crippen LogP contribution >= 0.6 is 71.7 Å². The molecule has 0 aliphatic carbocycles. The predicted octanol–water partition coefficient (Wildman–Crippen LogP) is 15.8. The molecule has 15 heterocycles. The van der Waals surface area contributed by atoms with Crippen molar-refractivity contribution in [2.24, 2.45) is 17.8 Å². The van der Waals surface area contributed by atoms with Gasteiger partial charge in [-0.05, 0) is 152 Å². The highest BCUT2D eigenvalue weighted by atomic mass is 35.5. The number of ether oxygens (including phenoxy) is 5. The summed E-state index contributed by atoms with van der Waals surface area (Å²) in [6.07, 6.45) is 11.5. The molecule has 10 aromatic rings. The highest BCUT2D eigenvalue weighted by Gasteiger charge is 2.44. The number of nitrogens with zero attached hydrogens (tertiary/aromatic N) is 4. The van der Waals surface area contributed by atoms with E-state index in [0.717, 1.165) is 88.1 Å². The minimum Gasteiger partial charge on any atom is -0.461 e. The zero-order valence-corrected chi connectivity index (χ0v) is 67.0. The molecule has 37 heteroatoms. The van der Waals surface area contributed by atoms with E-state index in [4.69, 9.17) is 114 Å². The Kier molecular flexibility index (Phi) is 28.1. The summed E-state index contributed by atoms with van der Waals surface area (Å²) in [4.78, 5) is 61.8. The highest BCUT2D eigenvalue weighted by molar-refractivity contribution is 7.72. The molecule has 8 N–H and O–H groups in total. The van der Waals surface area contributed by atoms with Gasteiger partial charge in [-0.25, -0.2) is 13.7 Å². The van der Waals surface area contributed by atoms with Gasteiger partial charge in [0, 0.05) is 43.8 Å². The highest BCUT2D eigenvalue weighted by Crippen LogP contribution is 2.66. The molecule has 15 rings (SSSR count). The monoisotopic (exact) mass is 1640 g/mol. The Labute approximate surface area is 640 Å². The molecule has 5 saturated heterocycles. The number of furan rings is 5. The second-order valence-corrected chi connectivity index (χ2v) is 33.3. The van der Waals surface area contributed by atoms with E-state index in [-0.39, 0.29) is 54.5 Å². The van der Waals surface area contributed by atoms with Gasteiger partial charge in [0.05, 0.1) is 70.7 Å². The number of aromatic nitrogens is 5. The number of phosphoric ester groups is 1. The van der Waals surface area contributed by atoms with Gasteiger partial charge in [-0.3, -0.25) is 18.7 Å². The molecule has 0 bridgehead atoms. The minimum absolute atomic E-state index is 0.0232. The molecule has 590 valence electrons. The molecule has 0 spiro atoms. The van der Waals surface area contributed by atoms with Gasteiger partial charge in [0.25, 0.3) is 11.1 Å². The van der Waals surface area contributed by atoms with Gasteiger partial charge in [0.2, 0.25) is 0 Å². The van der Waals surface area contributed by atoms with Crippen molar-refractivity contribution in [2.45, 2.75) is 201 Å². The first-order valence-electron chi connectivity index (χ1n) is 35.2. The van der Waals surface area contributed by atoms with Crippen LogP contribution < -0.4 is 11.1 Å². The van der Waals surface area contributed by atoms with Crippen LogP contribution in [0, 0.1) is 66.3 Å². The number of H-pyrrole nitrogens is 1. The van der Waals surface area contributed by atoms with Gasteiger partial charge in [-0.15, -0.1) is 0 Å². The number of fused-ring (bicyclic) bond motifs is 5. The van der Waals surface area contributed by atoms with Gasteiger partial charge in [0.15, 0.2) is 0 Å². The van der Waals surface area contributed by atoms with E-state index < -0.39 is 60.7 Å². The van der Waals surface area contributed by atoms with E-state index in [2.05, 4.69) is 64.2 Å². The van der Waals surface area contributed by atoms with Gasteiger partial charge >= 0.3 is 23.5 Å². The Morgan fingerprint density at radius 1 is 0.481 bits per heavy atom. The Balaban J connectivity index is 0.000000144. The molecule has 5 fully saturated rings. The molecule has 17 atom stereocenters. The molecule has 30 nitrogen and oxygen atoms in total. The number of nitrogens with one attached hydrogen (secondary N) is 1. The molecule has 10 aromatic heterocycles. The maximum Gasteiger partial charge on any atom is 0.490 e. The van der Waals surface area contributed by atoms with Crippen molar-refractivity contribution < 1.29 is 108 Å². The van der Waals surface area contributed by atoms with Crippen LogP contribution in [0.3, 0.4) is 0 Å². The van der Waals surface area contributed by atoms with E-state index in [0.29, 0.717) is 84.3 Å². The number of phosphoric acid groups is 3. The number of hydrogen-bond donors (Lipinski definition) is 8. The Morgan fingerprint density at radius 3 is 1.21 bits per heavy atom. The second kappa shape index (κ2) is 35.8. The third kappa shape index (κ3) is 20.7. The fraction of sp³-hybridized carbons (Fsp3) is 0.507. The molecule has 0 amide bonds. The van der Waals surface area contributed by atoms with Crippen LogP contribution in [0.2, 0.25) is 0 Å². The SMILES string of the molecule is CC[C@H]1OC(Cl)C[C@H]1C.CC[C@H]1O[C@@H](n2ccc3oc(C)cc3c2=O)C[C@H]1C.CC[C@H]1O[C@@H](n2ccc3oc(C)cc3c2=S)C[C@H]1C.Cc1cc2c(=O)[nH]ccc2o1.Cc1cc2c(=S)n([C@H]3C[C@@H](O)[C@@H](CO)O3)ccc2o1.Cc1cc2c(=S)n([C@H]3C[C@@H](O)[C@@H](COP(=O)(O)OP(=O)(O)OP(=O)(O)O)O3)ccc2o1. The Hall–Kier alpha value is -5.91. The fourth-order valence-corrected chi connectivity index (χ4v) is 18.1. The first kappa shape index (κ1) is 84.5. The van der Waals surface area contributed by atoms with Crippen LogP contribution in [-0.4, -0.2) is 120 Å². The van der Waals surface area contributed by atoms with E-state index in [1.807, 2.05) is 64.2 Å².